The Morgan fingerprint density at radius 1 is 1.62 bits per heavy atom. The van der Waals surface area contributed by atoms with E-state index in [1.807, 2.05) is 0 Å². The molecule has 0 aromatic heterocycles. The molecule has 40 valence electrons. The van der Waals surface area contributed by atoms with Gasteiger partial charge in [0.05, 0.1) is 0 Å². The molecule has 0 aromatic rings. The summed E-state index contributed by atoms with van der Waals surface area (Å²) < 4.78 is 15.4. The number of hydrogen-bond acceptors (Lipinski definition) is 2. The van der Waals surface area contributed by atoms with E-state index < -0.39 is 7.40 Å². The molecule has 1 saturated carbocycles. The van der Waals surface area contributed by atoms with E-state index in [0.717, 1.165) is 12.8 Å². The van der Waals surface area contributed by atoms with E-state index >= 15 is 0 Å². The zero-order chi connectivity index (χ0) is 5.28. The predicted molar refractivity (Wildman–Crippen MR) is 21.0 cm³/mol. The van der Waals surface area contributed by atoms with E-state index in [9.17, 15) is 9.34 Å². The van der Waals surface area contributed by atoms with Gasteiger partial charge in [-0.05, 0) is 12.8 Å². The van der Waals surface area contributed by atoms with Crippen molar-refractivity contribution in [1.29, 1.82) is 0 Å². The average molecular weight is 142 g/mol. The Hall–Kier alpha value is 1.55. The molecule has 0 radical (unpaired) electrons. The molecule has 2 nitrogen and oxygen atoms in total. The number of rotatable bonds is 2. The molecule has 0 unspecified atom stereocenters. The number of halogens is 1. The minimum atomic E-state index is -2.31. The fraction of sp³-hybridized carbons (Fsp3) is 1.00. The Kier molecular flexibility index (Phi) is 5.23. The first-order chi connectivity index (χ1) is 3.29. The normalized spacial score (nSPS) is 17.2. The van der Waals surface area contributed by atoms with Crippen LogP contribution in [0.4, 0.5) is 4.32 Å². The summed E-state index contributed by atoms with van der Waals surface area (Å²) in [6, 6.07) is 0. The molecule has 0 amide bonds. The van der Waals surface area contributed by atoms with E-state index in [0.29, 0.717) is 0 Å². The van der Waals surface area contributed by atoms with Gasteiger partial charge in [-0.2, -0.15) is 0 Å². The second kappa shape index (κ2) is 4.38. The predicted octanol–water partition coefficient (Wildman–Crippen LogP) is -3.52. The second-order valence-corrected chi connectivity index (χ2v) is 1.61. The Balaban J connectivity index is 0.000000490. The van der Waals surface area contributed by atoms with Gasteiger partial charge in [-0.3, -0.25) is 0 Å². The first-order valence-electron chi connectivity index (χ1n) is 2.24. The monoisotopic (exact) mass is 142 g/mol. The maximum Gasteiger partial charge on any atom is 1.00 e. The third-order valence-corrected chi connectivity index (χ3v) is 0.824. The molecule has 0 saturated heterocycles. The van der Waals surface area contributed by atoms with Crippen LogP contribution in [0.5, 0.6) is 0 Å². The van der Waals surface area contributed by atoms with Gasteiger partial charge in [0.15, 0.2) is 0 Å². The summed E-state index contributed by atoms with van der Waals surface area (Å²) in [6.07, 6.45) is 1.64. The van der Waals surface area contributed by atoms with Crippen LogP contribution in [0.25, 0.3) is 0 Å². The van der Waals surface area contributed by atoms with Crippen molar-refractivity contribution >= 4 is 7.40 Å². The second-order valence-electron chi connectivity index (χ2n) is 1.61. The standard InChI is InChI=1S/C3H5BFO2.K/c5-4(6)7-3-1-2-3;/h3H,1-2H2;/q-1;+1. The van der Waals surface area contributed by atoms with Crippen molar-refractivity contribution in [2.75, 3.05) is 0 Å². The maximum absolute atomic E-state index is 11.2. The van der Waals surface area contributed by atoms with Crippen LogP contribution < -0.4 is 56.4 Å². The summed E-state index contributed by atoms with van der Waals surface area (Å²) in [4.78, 5) is 0. The fourth-order valence-electron chi connectivity index (χ4n) is 0.355. The number of hydrogen-bond donors (Lipinski definition) is 0. The Morgan fingerprint density at radius 2 is 2.12 bits per heavy atom. The maximum atomic E-state index is 11.2. The molecule has 1 aliphatic rings. The van der Waals surface area contributed by atoms with Crippen LogP contribution in [0, 0.1) is 0 Å². The van der Waals surface area contributed by atoms with Crippen molar-refractivity contribution in [3.8, 4) is 0 Å². The van der Waals surface area contributed by atoms with E-state index in [4.69, 9.17) is 0 Å². The SMILES string of the molecule is [K+].[O-]B(F)OC1CC1. The van der Waals surface area contributed by atoms with Crippen molar-refractivity contribution in [3.63, 3.8) is 0 Å². The van der Waals surface area contributed by atoms with Gasteiger partial charge in [0.2, 0.25) is 0 Å². The third kappa shape index (κ3) is 4.43. The van der Waals surface area contributed by atoms with Crippen molar-refractivity contribution in [2.45, 2.75) is 18.9 Å². The van der Waals surface area contributed by atoms with Gasteiger partial charge >= 0.3 is 58.8 Å². The molecular formula is C3H5BFKO2. The van der Waals surface area contributed by atoms with Crippen LogP contribution in [0.1, 0.15) is 12.8 Å². The van der Waals surface area contributed by atoms with Crippen molar-refractivity contribution in [1.82, 2.24) is 0 Å². The van der Waals surface area contributed by atoms with Gasteiger partial charge in [0.1, 0.15) is 0 Å². The third-order valence-electron chi connectivity index (χ3n) is 0.824. The minimum absolute atomic E-state index is 0. The smallest absolute Gasteiger partial charge is 0.828 e. The van der Waals surface area contributed by atoms with Crippen LogP contribution >= 0.6 is 0 Å². The molecule has 1 fully saturated rings. The van der Waals surface area contributed by atoms with Crippen molar-refractivity contribution in [3.05, 3.63) is 0 Å². The minimum Gasteiger partial charge on any atom is -0.828 e. The van der Waals surface area contributed by atoms with Gasteiger partial charge in [0.25, 0.3) is 0 Å². The first kappa shape index (κ1) is 9.55. The summed E-state index contributed by atoms with van der Waals surface area (Å²) in [6.45, 7) is 0. The van der Waals surface area contributed by atoms with Crippen LogP contribution in [-0.2, 0) is 4.65 Å². The molecule has 1 aliphatic carbocycles. The van der Waals surface area contributed by atoms with E-state index in [1.165, 1.54) is 0 Å². The molecular weight excluding hydrogens is 137 g/mol. The Bertz CT molecular complexity index is 68.3. The van der Waals surface area contributed by atoms with Crippen LogP contribution in [0.3, 0.4) is 0 Å². The van der Waals surface area contributed by atoms with E-state index in [1.54, 1.807) is 0 Å². The molecule has 5 heteroatoms. The molecule has 1 rings (SSSR count). The summed E-state index contributed by atoms with van der Waals surface area (Å²) in [5.41, 5.74) is 0. The zero-order valence-corrected chi connectivity index (χ0v) is 7.89. The first-order valence-corrected chi connectivity index (χ1v) is 2.24. The van der Waals surface area contributed by atoms with Gasteiger partial charge in [0, 0.05) is 6.10 Å². The van der Waals surface area contributed by atoms with Crippen LogP contribution in [-0.4, -0.2) is 13.5 Å². The molecule has 0 bridgehead atoms. The summed E-state index contributed by atoms with van der Waals surface area (Å²) in [5, 5.41) is 9.49. The largest absolute Gasteiger partial charge is 1.00 e. The Labute approximate surface area is 90.4 Å². The van der Waals surface area contributed by atoms with Crippen molar-refractivity contribution in [2.24, 2.45) is 0 Å². The van der Waals surface area contributed by atoms with Gasteiger partial charge in [-0.15, -0.1) is 0 Å². The molecule has 0 atom stereocenters. The van der Waals surface area contributed by atoms with Gasteiger partial charge < -0.3 is 14.0 Å². The fourth-order valence-corrected chi connectivity index (χ4v) is 0.355. The van der Waals surface area contributed by atoms with E-state index in [-0.39, 0.29) is 57.5 Å². The Morgan fingerprint density at radius 3 is 2.25 bits per heavy atom. The topological polar surface area (TPSA) is 32.3 Å². The van der Waals surface area contributed by atoms with E-state index in [2.05, 4.69) is 4.65 Å². The summed E-state index contributed by atoms with van der Waals surface area (Å²) >= 11 is 0. The van der Waals surface area contributed by atoms with Crippen LogP contribution in [0.2, 0.25) is 0 Å². The molecule has 0 aliphatic heterocycles. The summed E-state index contributed by atoms with van der Waals surface area (Å²) in [5.74, 6) is 0. The summed E-state index contributed by atoms with van der Waals surface area (Å²) in [7, 11) is -2.31. The molecule has 0 heterocycles. The zero-order valence-electron chi connectivity index (χ0n) is 4.76. The molecule has 8 heavy (non-hydrogen) atoms. The molecule has 0 aromatic carbocycles. The average Bonchev–Trinajstić information content (AvgIpc) is 2.17. The molecule has 0 N–H and O–H groups in total. The van der Waals surface area contributed by atoms with Crippen LogP contribution in [0.15, 0.2) is 0 Å². The van der Waals surface area contributed by atoms with Gasteiger partial charge in [-0.25, -0.2) is 0 Å². The van der Waals surface area contributed by atoms with Crippen molar-refractivity contribution < 1.29 is 65.4 Å². The molecule has 0 spiro atoms. The van der Waals surface area contributed by atoms with Gasteiger partial charge in [-0.1, -0.05) is 0 Å². The quantitative estimate of drug-likeness (QED) is 0.374.